The number of benzene rings is 1. The van der Waals surface area contributed by atoms with Crippen LogP contribution in [0.2, 0.25) is 0 Å². The van der Waals surface area contributed by atoms with E-state index in [4.69, 9.17) is 21.2 Å². The van der Waals surface area contributed by atoms with Gasteiger partial charge in [-0.3, -0.25) is 0 Å². The summed E-state index contributed by atoms with van der Waals surface area (Å²) in [6.07, 6.45) is 3.06. The van der Waals surface area contributed by atoms with Crippen LogP contribution in [0, 0.1) is 0 Å². The molecule has 1 aromatic carbocycles. The number of anilines is 2. The van der Waals surface area contributed by atoms with Gasteiger partial charge in [-0.25, -0.2) is 15.0 Å². The van der Waals surface area contributed by atoms with Crippen LogP contribution in [0.4, 0.5) is 11.6 Å². The second kappa shape index (κ2) is 9.75. The number of ether oxygens (including phenoxy) is 1. The van der Waals surface area contributed by atoms with Gasteiger partial charge in [0.1, 0.15) is 22.4 Å². The number of nitrogens with zero attached hydrogens (tertiary/aromatic N) is 3. The van der Waals surface area contributed by atoms with E-state index in [0.717, 1.165) is 41.3 Å². The van der Waals surface area contributed by atoms with E-state index >= 15 is 0 Å². The van der Waals surface area contributed by atoms with E-state index in [2.05, 4.69) is 35.9 Å². The summed E-state index contributed by atoms with van der Waals surface area (Å²) in [6, 6.07) is 9.69. The molecule has 4 N–H and O–H groups in total. The van der Waals surface area contributed by atoms with Gasteiger partial charge in [-0.1, -0.05) is 44.2 Å². The van der Waals surface area contributed by atoms with Crippen molar-refractivity contribution in [3.63, 3.8) is 0 Å². The summed E-state index contributed by atoms with van der Waals surface area (Å²) in [5.41, 5.74) is 13.7. The van der Waals surface area contributed by atoms with E-state index in [1.54, 1.807) is 17.4 Å². The fourth-order valence-corrected chi connectivity index (χ4v) is 4.75. The lowest BCUT2D eigenvalue weighted by molar-refractivity contribution is 0.317. The second-order valence-corrected chi connectivity index (χ2v) is 8.33. The van der Waals surface area contributed by atoms with Crippen LogP contribution in [0.25, 0.3) is 10.6 Å². The quantitative estimate of drug-likeness (QED) is 0.382. The van der Waals surface area contributed by atoms with Crippen molar-refractivity contribution in [2.75, 3.05) is 18.1 Å². The van der Waals surface area contributed by atoms with Gasteiger partial charge in [0.05, 0.1) is 12.3 Å². The minimum atomic E-state index is 0.381. The number of thiazole rings is 1. The number of rotatable bonds is 9. The predicted molar refractivity (Wildman–Crippen MR) is 118 cm³/mol. The average Bonchev–Trinajstić information content (AvgIpc) is 3.07. The molecule has 0 amide bonds. The van der Waals surface area contributed by atoms with Crippen molar-refractivity contribution in [3.8, 4) is 16.3 Å². The van der Waals surface area contributed by atoms with Crippen LogP contribution in [0.15, 0.2) is 35.5 Å². The van der Waals surface area contributed by atoms with Gasteiger partial charge in [-0.05, 0) is 25.0 Å². The maximum atomic E-state index is 5.77. The molecule has 0 aliphatic carbocycles. The molecule has 0 unspecified atom stereocenters. The average molecular weight is 416 g/mol. The lowest BCUT2D eigenvalue weighted by Gasteiger charge is -2.05. The van der Waals surface area contributed by atoms with Crippen LogP contribution in [0.3, 0.4) is 0 Å². The number of nitrogen functional groups attached to an aromatic ring is 2. The minimum Gasteiger partial charge on any atom is -0.494 e. The molecule has 0 fully saturated rings. The molecule has 6 nitrogen and oxygen atoms in total. The molecule has 148 valence electrons. The Kier molecular flexibility index (Phi) is 7.11. The molecule has 0 atom stereocenters. The van der Waals surface area contributed by atoms with Crippen LogP contribution in [-0.4, -0.2) is 21.6 Å². The summed E-state index contributed by atoms with van der Waals surface area (Å²) in [7, 11) is 0. The number of aromatic nitrogens is 3. The smallest absolute Gasteiger partial charge is 0.191 e. The molecule has 0 bridgehead atoms. The first-order valence-electron chi connectivity index (χ1n) is 9.33. The van der Waals surface area contributed by atoms with Gasteiger partial charge < -0.3 is 16.2 Å². The third-order valence-corrected chi connectivity index (χ3v) is 5.96. The van der Waals surface area contributed by atoms with E-state index < -0.39 is 0 Å². The first-order valence-corrected chi connectivity index (χ1v) is 11.1. The van der Waals surface area contributed by atoms with Crippen LogP contribution in [-0.2, 0) is 12.2 Å². The Morgan fingerprint density at radius 3 is 2.54 bits per heavy atom. The van der Waals surface area contributed by atoms with E-state index in [1.165, 1.54) is 16.6 Å². The van der Waals surface area contributed by atoms with Gasteiger partial charge in [0.25, 0.3) is 0 Å². The Balaban J connectivity index is 1.81. The molecule has 0 spiro atoms. The lowest BCUT2D eigenvalue weighted by Crippen LogP contribution is -1.99. The summed E-state index contributed by atoms with van der Waals surface area (Å²) in [5.74, 6) is 2.32. The van der Waals surface area contributed by atoms with Crippen molar-refractivity contribution in [2.24, 2.45) is 0 Å². The predicted octanol–water partition coefficient (Wildman–Crippen LogP) is 4.80. The van der Waals surface area contributed by atoms with Crippen LogP contribution >= 0.6 is 23.1 Å². The molecule has 0 saturated heterocycles. The number of hydrogen-bond acceptors (Lipinski definition) is 8. The lowest BCUT2D eigenvalue weighted by atomic mass is 10.2. The summed E-state index contributed by atoms with van der Waals surface area (Å²) >= 11 is 3.24. The molecular weight excluding hydrogens is 390 g/mol. The minimum absolute atomic E-state index is 0.381. The molecule has 0 radical (unpaired) electrons. The van der Waals surface area contributed by atoms with Crippen molar-refractivity contribution in [2.45, 2.75) is 44.0 Å². The normalized spacial score (nSPS) is 10.9. The molecule has 2 aromatic heterocycles. The molecule has 0 saturated carbocycles. The summed E-state index contributed by atoms with van der Waals surface area (Å²) in [6.45, 7) is 4.99. The molecule has 0 aliphatic heterocycles. The first kappa shape index (κ1) is 20.4. The van der Waals surface area contributed by atoms with Gasteiger partial charge in [0.2, 0.25) is 0 Å². The van der Waals surface area contributed by atoms with Crippen molar-refractivity contribution in [1.82, 2.24) is 15.0 Å². The highest BCUT2D eigenvalue weighted by Crippen LogP contribution is 2.33. The molecule has 3 rings (SSSR count). The molecular formula is C20H25N5OS2. The van der Waals surface area contributed by atoms with Gasteiger partial charge in [-0.15, -0.1) is 11.3 Å². The molecule has 2 heterocycles. The van der Waals surface area contributed by atoms with Gasteiger partial charge >= 0.3 is 0 Å². The van der Waals surface area contributed by atoms with Gasteiger partial charge in [0.15, 0.2) is 5.16 Å². The highest BCUT2D eigenvalue weighted by molar-refractivity contribution is 7.98. The van der Waals surface area contributed by atoms with Gasteiger partial charge in [-0.2, -0.15) is 0 Å². The monoisotopic (exact) mass is 415 g/mol. The maximum Gasteiger partial charge on any atom is 0.191 e. The highest BCUT2D eigenvalue weighted by atomic mass is 32.2. The van der Waals surface area contributed by atoms with Crippen molar-refractivity contribution in [1.29, 1.82) is 0 Å². The summed E-state index contributed by atoms with van der Waals surface area (Å²) < 4.78 is 5.76. The topological polar surface area (TPSA) is 99.9 Å². The Bertz CT molecular complexity index is 908. The number of aryl methyl sites for hydroxylation is 1. The zero-order valence-electron chi connectivity index (χ0n) is 16.1. The van der Waals surface area contributed by atoms with E-state index in [0.29, 0.717) is 29.2 Å². The van der Waals surface area contributed by atoms with E-state index in [9.17, 15) is 0 Å². The standard InChI is InChI=1S/C20H25N5OS2/c1-3-6-16-15(12-27-20-24-17(21)11-18(22)25-20)23-19(28-16)13-7-5-8-14(10-13)26-9-4-2/h5,7-8,10-11H,3-4,6,9,12H2,1-2H3,(H4,21,22,24,25). The number of hydrogen-bond donors (Lipinski definition) is 2. The highest BCUT2D eigenvalue weighted by Gasteiger charge is 2.14. The fraction of sp³-hybridized carbons (Fsp3) is 0.350. The molecule has 3 aromatic rings. The SMILES string of the molecule is CCCOc1cccc(-c2nc(CSc3nc(N)cc(N)n3)c(CCC)s2)c1. The van der Waals surface area contributed by atoms with Gasteiger partial charge in [0, 0.05) is 22.3 Å². The van der Waals surface area contributed by atoms with Crippen LogP contribution in [0.1, 0.15) is 37.3 Å². The van der Waals surface area contributed by atoms with Crippen LogP contribution < -0.4 is 16.2 Å². The number of nitrogens with two attached hydrogens (primary N) is 2. The largest absolute Gasteiger partial charge is 0.494 e. The second-order valence-electron chi connectivity index (χ2n) is 6.30. The Hall–Kier alpha value is -2.32. The first-order chi connectivity index (χ1) is 13.6. The van der Waals surface area contributed by atoms with E-state index in [-0.39, 0.29) is 0 Å². The maximum absolute atomic E-state index is 5.77. The van der Waals surface area contributed by atoms with Crippen molar-refractivity contribution < 1.29 is 4.74 Å². The third-order valence-electron chi connectivity index (χ3n) is 3.89. The Morgan fingerprint density at radius 1 is 1.04 bits per heavy atom. The summed E-state index contributed by atoms with van der Waals surface area (Å²) in [5, 5.41) is 1.58. The Labute approximate surface area is 173 Å². The van der Waals surface area contributed by atoms with Crippen molar-refractivity contribution >= 4 is 34.7 Å². The molecule has 0 aliphatic rings. The zero-order valence-corrected chi connectivity index (χ0v) is 17.8. The molecule has 28 heavy (non-hydrogen) atoms. The van der Waals surface area contributed by atoms with Crippen LogP contribution in [0.5, 0.6) is 5.75 Å². The zero-order chi connectivity index (χ0) is 19.9. The van der Waals surface area contributed by atoms with Crippen molar-refractivity contribution in [3.05, 3.63) is 40.9 Å². The summed E-state index contributed by atoms with van der Waals surface area (Å²) in [4.78, 5) is 14.7. The Morgan fingerprint density at radius 2 is 1.82 bits per heavy atom. The van der Waals surface area contributed by atoms with E-state index in [1.807, 2.05) is 12.1 Å². The third kappa shape index (κ3) is 5.36. The molecule has 8 heteroatoms. The fourth-order valence-electron chi connectivity index (χ4n) is 2.64. The number of thioether (sulfide) groups is 1.